The van der Waals surface area contributed by atoms with E-state index in [4.69, 9.17) is 0 Å². The van der Waals surface area contributed by atoms with Crippen molar-refractivity contribution in [1.82, 2.24) is 0 Å². The van der Waals surface area contributed by atoms with Crippen LogP contribution in [0, 0.1) is 0 Å². The van der Waals surface area contributed by atoms with Crippen molar-refractivity contribution in [3.63, 3.8) is 0 Å². The smallest absolute Gasteiger partial charge is 0.0540 e. The predicted molar refractivity (Wildman–Crippen MR) is 262 cm³/mol. The van der Waals surface area contributed by atoms with Gasteiger partial charge in [-0.05, 0) is 97.6 Å². The van der Waals surface area contributed by atoms with Gasteiger partial charge < -0.3 is 4.90 Å². The van der Waals surface area contributed by atoms with E-state index in [2.05, 4.69) is 272 Å². The Labute approximate surface area is 360 Å². The first-order valence-corrected chi connectivity index (χ1v) is 20.8. The van der Waals surface area contributed by atoms with Gasteiger partial charge in [-0.3, -0.25) is 0 Å². The third kappa shape index (κ3) is 9.34. The van der Waals surface area contributed by atoms with E-state index >= 15 is 0 Å². The number of hydrogen-bond donors (Lipinski definition) is 0. The molecular weight excluding hydrogens is 735 g/mol. The first kappa shape index (κ1) is 38.5. The molecule has 0 N–H and O–H groups in total. The summed E-state index contributed by atoms with van der Waals surface area (Å²) in [5, 5.41) is 0. The third-order valence-electron chi connectivity index (χ3n) is 11.0. The van der Waals surface area contributed by atoms with Gasteiger partial charge >= 0.3 is 0 Å². The zero-order valence-electron chi connectivity index (χ0n) is 33.9. The van der Waals surface area contributed by atoms with E-state index in [0.29, 0.717) is 0 Å². The number of nitrogens with zero attached hydrogens (tertiary/aromatic N) is 1. The highest BCUT2D eigenvalue weighted by Crippen LogP contribution is 2.42. The summed E-state index contributed by atoms with van der Waals surface area (Å²) in [7, 11) is 0. The monoisotopic (exact) mass is 779 g/mol. The first-order chi connectivity index (χ1) is 30.2. The predicted octanol–water partition coefficient (Wildman–Crippen LogP) is 16.6. The van der Waals surface area contributed by atoms with Crippen LogP contribution >= 0.6 is 0 Å². The normalized spacial score (nSPS) is 11.6. The zero-order chi connectivity index (χ0) is 41.1. The molecule has 0 bridgehead atoms. The van der Waals surface area contributed by atoms with Crippen LogP contribution in [0.3, 0.4) is 0 Å². The van der Waals surface area contributed by atoms with Gasteiger partial charge in [0.1, 0.15) is 0 Å². The number of allylic oxidation sites excluding steroid dienone is 4. The molecule has 0 heterocycles. The van der Waals surface area contributed by atoms with Gasteiger partial charge in [-0.25, -0.2) is 0 Å². The molecule has 0 amide bonds. The van der Waals surface area contributed by atoms with E-state index in [1.54, 1.807) is 0 Å². The van der Waals surface area contributed by atoms with Crippen LogP contribution in [0.25, 0.3) is 62.2 Å². The fourth-order valence-electron chi connectivity index (χ4n) is 7.75. The Morgan fingerprint density at radius 2 is 0.721 bits per heavy atom. The first-order valence-electron chi connectivity index (χ1n) is 20.8. The largest absolute Gasteiger partial charge is 0.310 e. The molecule has 0 spiro atoms. The second-order valence-electron chi connectivity index (χ2n) is 15.0. The van der Waals surface area contributed by atoms with Crippen molar-refractivity contribution >= 4 is 34.8 Å². The van der Waals surface area contributed by atoms with Gasteiger partial charge in [0.2, 0.25) is 0 Å². The molecule has 9 aromatic rings. The molecule has 0 fully saturated rings. The fourth-order valence-corrected chi connectivity index (χ4v) is 7.75. The maximum Gasteiger partial charge on any atom is 0.0540 e. The summed E-state index contributed by atoms with van der Waals surface area (Å²) in [5.41, 5.74) is 17.4. The van der Waals surface area contributed by atoms with E-state index in [9.17, 15) is 0 Å². The number of anilines is 3. The van der Waals surface area contributed by atoms with Gasteiger partial charge in [0.15, 0.2) is 0 Å². The lowest BCUT2D eigenvalue weighted by Crippen LogP contribution is -2.11. The lowest BCUT2D eigenvalue weighted by atomic mass is 9.97. The number of para-hydroxylation sites is 1. The summed E-state index contributed by atoms with van der Waals surface area (Å²) >= 11 is 0. The van der Waals surface area contributed by atoms with Crippen molar-refractivity contribution in [3.8, 4) is 44.5 Å². The van der Waals surface area contributed by atoms with Gasteiger partial charge in [0, 0.05) is 16.9 Å². The molecule has 61 heavy (non-hydrogen) atoms. The summed E-state index contributed by atoms with van der Waals surface area (Å²) in [4.78, 5) is 2.37. The summed E-state index contributed by atoms with van der Waals surface area (Å²) < 4.78 is 0. The van der Waals surface area contributed by atoms with E-state index in [-0.39, 0.29) is 0 Å². The Morgan fingerprint density at radius 3 is 1.26 bits per heavy atom. The molecule has 9 aromatic carbocycles. The molecule has 9 rings (SSSR count). The molecule has 0 aliphatic carbocycles. The maximum absolute atomic E-state index is 2.37. The summed E-state index contributed by atoms with van der Waals surface area (Å²) in [6.45, 7) is 0. The molecule has 0 radical (unpaired) electrons. The molecule has 0 saturated carbocycles. The van der Waals surface area contributed by atoms with Gasteiger partial charge in [0.25, 0.3) is 0 Å². The number of benzene rings is 9. The van der Waals surface area contributed by atoms with Crippen LogP contribution in [0.1, 0.15) is 16.7 Å². The SMILES string of the molecule is C(=C/c1ccccc1)/C=C/C(=C\c1ccc(-c2ccc(-c3ccccc3N(c3ccc(-c4ccccc4)cc3)c3ccc(-c4ccccc4)cc3)cc2)cc1)c1ccccc1. The van der Waals surface area contributed by atoms with Crippen LogP contribution < -0.4 is 4.90 Å². The molecule has 0 aliphatic heterocycles. The van der Waals surface area contributed by atoms with Crippen LogP contribution in [0.5, 0.6) is 0 Å². The molecule has 0 saturated heterocycles. The summed E-state index contributed by atoms with van der Waals surface area (Å²) in [5.74, 6) is 0. The highest BCUT2D eigenvalue weighted by Gasteiger charge is 2.18. The molecule has 290 valence electrons. The second kappa shape index (κ2) is 18.7. The van der Waals surface area contributed by atoms with Crippen molar-refractivity contribution in [3.05, 3.63) is 278 Å². The average Bonchev–Trinajstić information content (AvgIpc) is 3.35. The van der Waals surface area contributed by atoms with Crippen LogP contribution in [0.2, 0.25) is 0 Å². The number of rotatable bonds is 12. The van der Waals surface area contributed by atoms with Crippen molar-refractivity contribution in [2.75, 3.05) is 4.90 Å². The lowest BCUT2D eigenvalue weighted by molar-refractivity contribution is 1.28. The average molecular weight is 780 g/mol. The van der Waals surface area contributed by atoms with Gasteiger partial charge in [-0.1, -0.05) is 237 Å². The van der Waals surface area contributed by atoms with Crippen LogP contribution in [0.15, 0.2) is 261 Å². The molecule has 0 atom stereocenters. The molecule has 0 unspecified atom stereocenters. The van der Waals surface area contributed by atoms with Crippen molar-refractivity contribution in [2.45, 2.75) is 0 Å². The van der Waals surface area contributed by atoms with E-state index in [1.807, 2.05) is 6.07 Å². The maximum atomic E-state index is 2.37. The van der Waals surface area contributed by atoms with Crippen LogP contribution in [-0.2, 0) is 0 Å². The quantitative estimate of drug-likeness (QED) is 0.0882. The summed E-state index contributed by atoms with van der Waals surface area (Å²) in [6.07, 6.45) is 10.8. The standard InChI is InChI=1S/C60H45N/c1-5-17-46(18-6-1)19-13-14-26-56(50-24-11-4-12-25-50)45-47-29-31-51(32-30-47)52-33-35-55(36-34-52)59-27-15-16-28-60(59)61(57-41-37-53(38-42-57)48-20-7-2-8-21-48)58-43-39-54(40-44-58)49-22-9-3-10-23-49/h1-45H/b19-13-,26-14+,56-45+. The summed E-state index contributed by atoms with van der Waals surface area (Å²) in [6, 6.07) is 86.4. The second-order valence-corrected chi connectivity index (χ2v) is 15.0. The van der Waals surface area contributed by atoms with Gasteiger partial charge in [-0.2, -0.15) is 0 Å². The van der Waals surface area contributed by atoms with Gasteiger partial charge in [0.05, 0.1) is 5.69 Å². The van der Waals surface area contributed by atoms with Gasteiger partial charge in [-0.15, -0.1) is 0 Å². The Morgan fingerprint density at radius 1 is 0.311 bits per heavy atom. The minimum Gasteiger partial charge on any atom is -0.310 e. The zero-order valence-corrected chi connectivity index (χ0v) is 33.9. The van der Waals surface area contributed by atoms with Crippen LogP contribution in [0.4, 0.5) is 17.1 Å². The minimum absolute atomic E-state index is 1.10. The van der Waals surface area contributed by atoms with Crippen molar-refractivity contribution < 1.29 is 0 Å². The van der Waals surface area contributed by atoms with Crippen molar-refractivity contribution in [2.24, 2.45) is 0 Å². The number of hydrogen-bond acceptors (Lipinski definition) is 1. The Hall–Kier alpha value is -8.00. The lowest BCUT2D eigenvalue weighted by Gasteiger charge is -2.28. The van der Waals surface area contributed by atoms with Crippen molar-refractivity contribution in [1.29, 1.82) is 0 Å². The Balaban J connectivity index is 1.00. The van der Waals surface area contributed by atoms with E-state index < -0.39 is 0 Å². The molecule has 0 aliphatic rings. The minimum atomic E-state index is 1.10. The fraction of sp³-hybridized carbons (Fsp3) is 0. The molecule has 0 aromatic heterocycles. The Bertz CT molecular complexity index is 2790. The van der Waals surface area contributed by atoms with E-state index in [1.165, 1.54) is 44.5 Å². The highest BCUT2D eigenvalue weighted by atomic mass is 15.1. The van der Waals surface area contributed by atoms with Crippen LogP contribution in [-0.4, -0.2) is 0 Å². The third-order valence-corrected chi connectivity index (χ3v) is 11.0. The van der Waals surface area contributed by atoms with E-state index in [0.717, 1.165) is 39.3 Å². The molecule has 1 nitrogen and oxygen atoms in total. The molecule has 1 heteroatoms. The highest BCUT2D eigenvalue weighted by molar-refractivity contribution is 5.90. The Kier molecular flexibility index (Phi) is 11.8. The molecular formula is C60H45N. The topological polar surface area (TPSA) is 3.24 Å².